The lowest BCUT2D eigenvalue weighted by Crippen LogP contribution is -2.17. The van der Waals surface area contributed by atoms with Crippen molar-refractivity contribution < 1.29 is 0 Å². The number of hydrogen-bond acceptors (Lipinski definition) is 2. The summed E-state index contributed by atoms with van der Waals surface area (Å²) < 4.78 is 0. The van der Waals surface area contributed by atoms with Crippen molar-refractivity contribution in [3.05, 3.63) is 33.6 Å². The van der Waals surface area contributed by atoms with Gasteiger partial charge in [-0.3, -0.25) is 4.79 Å². The second-order valence-corrected chi connectivity index (χ2v) is 4.34. The van der Waals surface area contributed by atoms with Gasteiger partial charge in [-0.05, 0) is 25.0 Å². The van der Waals surface area contributed by atoms with Gasteiger partial charge in [0, 0.05) is 11.3 Å². The van der Waals surface area contributed by atoms with E-state index >= 15 is 0 Å². The third kappa shape index (κ3) is 1.76. The summed E-state index contributed by atoms with van der Waals surface area (Å²) in [5.74, 6) is 0. The molecule has 0 bridgehead atoms. The Hall–Kier alpha value is -1.21. The maximum Gasteiger partial charge on any atom is 0.211 e. The SMILES string of the molecule is CCc1[nH]c2ccc(P)nc2c(=O)c1CC. The number of rotatable bonds is 2. The molecule has 0 aliphatic rings. The van der Waals surface area contributed by atoms with Crippen LogP contribution in [0.1, 0.15) is 25.1 Å². The second-order valence-electron chi connectivity index (χ2n) is 3.75. The molecule has 16 heavy (non-hydrogen) atoms. The minimum Gasteiger partial charge on any atom is -0.357 e. The standard InChI is InChI=1S/C12H15N2OP/c1-3-7-8(4-2)13-9-5-6-10(16)14-11(9)12(7)15/h5-6H,3-4,16H2,1-2H3,(H,13,15). The Morgan fingerprint density at radius 1 is 1.31 bits per heavy atom. The molecule has 2 aromatic rings. The van der Waals surface area contributed by atoms with E-state index in [4.69, 9.17) is 0 Å². The van der Waals surface area contributed by atoms with E-state index in [2.05, 4.69) is 19.2 Å². The zero-order valence-corrected chi connectivity index (χ0v) is 10.7. The Labute approximate surface area is 96.5 Å². The second kappa shape index (κ2) is 4.34. The van der Waals surface area contributed by atoms with Gasteiger partial charge in [-0.2, -0.15) is 0 Å². The highest BCUT2D eigenvalue weighted by Gasteiger charge is 2.10. The largest absolute Gasteiger partial charge is 0.357 e. The topological polar surface area (TPSA) is 45.8 Å². The number of fused-ring (bicyclic) bond motifs is 1. The molecule has 0 amide bonds. The maximum atomic E-state index is 12.2. The van der Waals surface area contributed by atoms with Crippen LogP contribution in [0.3, 0.4) is 0 Å². The summed E-state index contributed by atoms with van der Waals surface area (Å²) in [6.07, 6.45) is 1.59. The molecule has 84 valence electrons. The Bertz CT molecular complexity index is 589. The molecule has 0 aromatic carbocycles. The minimum atomic E-state index is 0.0670. The molecule has 2 rings (SSSR count). The molecule has 0 spiro atoms. The number of aromatic nitrogens is 2. The van der Waals surface area contributed by atoms with Gasteiger partial charge < -0.3 is 4.98 Å². The third-order valence-electron chi connectivity index (χ3n) is 2.76. The zero-order valence-electron chi connectivity index (χ0n) is 9.50. The Morgan fingerprint density at radius 2 is 2.06 bits per heavy atom. The van der Waals surface area contributed by atoms with Gasteiger partial charge in [0.2, 0.25) is 5.43 Å². The number of aryl methyl sites for hydroxylation is 1. The smallest absolute Gasteiger partial charge is 0.211 e. The van der Waals surface area contributed by atoms with Crippen molar-refractivity contribution in [2.24, 2.45) is 0 Å². The van der Waals surface area contributed by atoms with Crippen LogP contribution in [0.25, 0.3) is 11.0 Å². The van der Waals surface area contributed by atoms with Crippen LogP contribution in [0.5, 0.6) is 0 Å². The van der Waals surface area contributed by atoms with Gasteiger partial charge in [0.15, 0.2) is 0 Å². The van der Waals surface area contributed by atoms with Crippen molar-refractivity contribution in [3.63, 3.8) is 0 Å². The van der Waals surface area contributed by atoms with E-state index in [0.29, 0.717) is 5.52 Å². The lowest BCUT2D eigenvalue weighted by Gasteiger charge is -2.07. The molecule has 3 nitrogen and oxygen atoms in total. The quantitative estimate of drug-likeness (QED) is 0.801. The first-order valence-corrected chi connectivity index (χ1v) is 6.05. The predicted molar refractivity (Wildman–Crippen MR) is 70.5 cm³/mol. The summed E-state index contributed by atoms with van der Waals surface area (Å²) in [5.41, 5.74) is 4.12. The highest BCUT2D eigenvalue weighted by atomic mass is 31.0. The van der Waals surface area contributed by atoms with Gasteiger partial charge in [0.25, 0.3) is 0 Å². The Kier molecular flexibility index (Phi) is 3.06. The first-order chi connectivity index (χ1) is 7.67. The van der Waals surface area contributed by atoms with Crippen LogP contribution in [-0.2, 0) is 12.8 Å². The van der Waals surface area contributed by atoms with E-state index in [9.17, 15) is 4.79 Å². The molecule has 0 radical (unpaired) electrons. The van der Waals surface area contributed by atoms with Gasteiger partial charge in [-0.1, -0.05) is 23.1 Å². The molecule has 0 fully saturated rings. The van der Waals surface area contributed by atoms with Crippen LogP contribution in [0.15, 0.2) is 16.9 Å². The van der Waals surface area contributed by atoms with Crippen molar-refractivity contribution in [1.29, 1.82) is 0 Å². The normalized spacial score (nSPS) is 10.9. The van der Waals surface area contributed by atoms with Gasteiger partial charge >= 0.3 is 0 Å². The number of hydrogen-bond donors (Lipinski definition) is 1. The number of pyridine rings is 2. The van der Waals surface area contributed by atoms with E-state index in [1.807, 2.05) is 26.0 Å². The highest BCUT2D eigenvalue weighted by Crippen LogP contribution is 2.10. The van der Waals surface area contributed by atoms with Crippen LogP contribution >= 0.6 is 9.24 Å². The van der Waals surface area contributed by atoms with Crippen LogP contribution in [0, 0.1) is 0 Å². The van der Waals surface area contributed by atoms with Crippen LogP contribution in [-0.4, -0.2) is 9.97 Å². The van der Waals surface area contributed by atoms with Crippen molar-refractivity contribution in [1.82, 2.24) is 9.97 Å². The number of H-pyrrole nitrogens is 1. The summed E-state index contributed by atoms with van der Waals surface area (Å²) in [6, 6.07) is 3.79. The molecule has 2 heterocycles. The van der Waals surface area contributed by atoms with Crippen molar-refractivity contribution in [2.75, 3.05) is 0 Å². The molecule has 2 aromatic heterocycles. The minimum absolute atomic E-state index is 0.0670. The van der Waals surface area contributed by atoms with Gasteiger partial charge in [-0.25, -0.2) is 4.98 Å². The molecule has 1 N–H and O–H groups in total. The average molecular weight is 234 g/mol. The van der Waals surface area contributed by atoms with Crippen molar-refractivity contribution >= 4 is 25.7 Å². The van der Waals surface area contributed by atoms with E-state index in [1.165, 1.54) is 0 Å². The lowest BCUT2D eigenvalue weighted by atomic mass is 10.1. The fourth-order valence-electron chi connectivity index (χ4n) is 1.94. The first-order valence-electron chi connectivity index (χ1n) is 5.47. The third-order valence-corrected chi connectivity index (χ3v) is 3.08. The summed E-state index contributed by atoms with van der Waals surface area (Å²) in [6.45, 7) is 4.05. The van der Waals surface area contributed by atoms with Gasteiger partial charge in [0.05, 0.1) is 11.0 Å². The predicted octanol–water partition coefficient (Wildman–Crippen LogP) is 1.55. The Morgan fingerprint density at radius 3 is 2.69 bits per heavy atom. The van der Waals surface area contributed by atoms with E-state index < -0.39 is 0 Å². The molecule has 0 aliphatic carbocycles. The fraction of sp³-hybridized carbons (Fsp3) is 0.333. The van der Waals surface area contributed by atoms with E-state index in [0.717, 1.165) is 35.1 Å². The highest BCUT2D eigenvalue weighted by molar-refractivity contribution is 7.26. The van der Waals surface area contributed by atoms with Crippen molar-refractivity contribution in [2.45, 2.75) is 26.7 Å². The zero-order chi connectivity index (χ0) is 11.7. The number of nitrogens with one attached hydrogen (secondary N) is 1. The molecule has 0 saturated heterocycles. The van der Waals surface area contributed by atoms with Crippen LogP contribution in [0.2, 0.25) is 0 Å². The maximum absolute atomic E-state index is 12.2. The molecular formula is C12H15N2OP. The molecule has 1 unspecified atom stereocenters. The average Bonchev–Trinajstić information content (AvgIpc) is 2.29. The van der Waals surface area contributed by atoms with Gasteiger partial charge in [-0.15, -0.1) is 0 Å². The summed E-state index contributed by atoms with van der Waals surface area (Å²) in [5, 5.41) is 0. The summed E-state index contributed by atoms with van der Waals surface area (Å²) in [4.78, 5) is 19.8. The molecular weight excluding hydrogens is 219 g/mol. The van der Waals surface area contributed by atoms with E-state index in [1.54, 1.807) is 0 Å². The summed E-state index contributed by atoms with van der Waals surface area (Å²) in [7, 11) is 2.52. The summed E-state index contributed by atoms with van der Waals surface area (Å²) >= 11 is 0. The van der Waals surface area contributed by atoms with Crippen LogP contribution in [0.4, 0.5) is 0 Å². The number of nitrogens with zero attached hydrogens (tertiary/aromatic N) is 1. The first kappa shape index (κ1) is 11.3. The Balaban J connectivity index is 2.88. The van der Waals surface area contributed by atoms with E-state index in [-0.39, 0.29) is 5.43 Å². The molecule has 0 aliphatic heterocycles. The van der Waals surface area contributed by atoms with Gasteiger partial charge in [0.1, 0.15) is 5.52 Å². The lowest BCUT2D eigenvalue weighted by molar-refractivity contribution is 0.968. The molecule has 0 saturated carbocycles. The molecule has 4 heteroatoms. The molecule has 1 atom stereocenters. The monoisotopic (exact) mass is 234 g/mol. The fourth-order valence-corrected chi connectivity index (χ4v) is 2.17. The number of aromatic amines is 1. The van der Waals surface area contributed by atoms with Crippen LogP contribution < -0.4 is 10.9 Å². The van der Waals surface area contributed by atoms with Crippen molar-refractivity contribution in [3.8, 4) is 0 Å².